The van der Waals surface area contributed by atoms with Gasteiger partial charge in [-0.05, 0) is 29.3 Å². The molecule has 2 aliphatic heterocycles. The molecule has 4 rings (SSSR count). The lowest BCUT2D eigenvalue weighted by Crippen LogP contribution is -2.36. The maximum atomic E-state index is 13.1. The van der Waals surface area contributed by atoms with Crippen molar-refractivity contribution in [1.82, 2.24) is 15.1 Å². The number of ether oxygens (including phenoxy) is 1. The normalized spacial score (nSPS) is 17.0. The summed E-state index contributed by atoms with van der Waals surface area (Å²) in [5.74, 6) is 0.187. The van der Waals surface area contributed by atoms with E-state index >= 15 is 0 Å². The van der Waals surface area contributed by atoms with Crippen LogP contribution in [0.5, 0.6) is 5.75 Å². The number of nitrogens with one attached hydrogen (secondary N) is 1. The third kappa shape index (κ3) is 4.83. The zero-order chi connectivity index (χ0) is 22.5. The van der Waals surface area contributed by atoms with Gasteiger partial charge in [0.25, 0.3) is 5.91 Å². The van der Waals surface area contributed by atoms with E-state index in [1.165, 1.54) is 4.90 Å². The molecule has 0 unspecified atom stereocenters. The van der Waals surface area contributed by atoms with Gasteiger partial charge in [-0.2, -0.15) is 0 Å². The molecule has 0 spiro atoms. The predicted octanol–water partition coefficient (Wildman–Crippen LogP) is 2.72. The number of hydrogen-bond acceptors (Lipinski definition) is 6. The van der Waals surface area contributed by atoms with Crippen LogP contribution in [0.1, 0.15) is 11.1 Å². The Balaban J connectivity index is 1.55. The highest BCUT2D eigenvalue weighted by Gasteiger charge is 2.32. The van der Waals surface area contributed by atoms with Gasteiger partial charge in [-0.3, -0.25) is 19.4 Å². The number of benzene rings is 2. The highest BCUT2D eigenvalue weighted by Crippen LogP contribution is 2.26. The van der Waals surface area contributed by atoms with Gasteiger partial charge in [0.15, 0.2) is 5.17 Å². The third-order valence-corrected chi connectivity index (χ3v) is 5.96. The van der Waals surface area contributed by atoms with E-state index in [1.807, 2.05) is 54.6 Å². The number of urea groups is 1. The van der Waals surface area contributed by atoms with Gasteiger partial charge in [0, 0.05) is 13.1 Å². The summed E-state index contributed by atoms with van der Waals surface area (Å²) in [6.07, 6.45) is 1.71. The summed E-state index contributed by atoms with van der Waals surface area (Å²) in [6.45, 7) is 1.13. The lowest BCUT2D eigenvalue weighted by molar-refractivity contribution is -0.125. The van der Waals surface area contributed by atoms with Crippen molar-refractivity contribution in [3.05, 3.63) is 71.4 Å². The molecule has 1 fully saturated rings. The van der Waals surface area contributed by atoms with Crippen molar-refractivity contribution >= 4 is 40.9 Å². The zero-order valence-electron chi connectivity index (χ0n) is 17.5. The van der Waals surface area contributed by atoms with Crippen molar-refractivity contribution in [1.29, 1.82) is 0 Å². The maximum absolute atomic E-state index is 13.1. The molecule has 1 N–H and O–H groups in total. The van der Waals surface area contributed by atoms with Crippen LogP contribution in [0.4, 0.5) is 4.79 Å². The molecule has 8 nitrogen and oxygen atoms in total. The maximum Gasteiger partial charge on any atom is 0.324 e. The molecule has 0 aromatic heterocycles. The first-order valence-electron chi connectivity index (χ1n) is 10.1. The first-order chi connectivity index (χ1) is 15.5. The predicted molar refractivity (Wildman–Crippen MR) is 123 cm³/mol. The topological polar surface area (TPSA) is 91.3 Å². The van der Waals surface area contributed by atoms with Crippen molar-refractivity contribution in [2.75, 3.05) is 26.0 Å². The third-order valence-electron chi connectivity index (χ3n) is 5.00. The summed E-state index contributed by atoms with van der Waals surface area (Å²) in [5, 5.41) is 3.05. The Morgan fingerprint density at radius 1 is 1.16 bits per heavy atom. The Morgan fingerprint density at radius 2 is 1.91 bits per heavy atom. The molecule has 2 aromatic carbocycles. The van der Waals surface area contributed by atoms with Gasteiger partial charge in [-0.15, -0.1) is 0 Å². The number of amidine groups is 1. The number of methoxy groups -OCH3 is 1. The average molecular weight is 451 g/mol. The number of amides is 4. The molecule has 0 radical (unpaired) electrons. The van der Waals surface area contributed by atoms with E-state index in [0.717, 1.165) is 28.6 Å². The number of nitrogens with zero attached hydrogens (tertiary/aromatic N) is 3. The van der Waals surface area contributed by atoms with E-state index in [-0.39, 0.29) is 23.6 Å². The fraction of sp³-hybridized carbons (Fsp3) is 0.217. The van der Waals surface area contributed by atoms with Gasteiger partial charge in [0.1, 0.15) is 11.4 Å². The van der Waals surface area contributed by atoms with Gasteiger partial charge in [0.05, 0.1) is 19.4 Å². The molecule has 164 valence electrons. The van der Waals surface area contributed by atoms with E-state index in [0.29, 0.717) is 30.5 Å². The van der Waals surface area contributed by atoms with Crippen molar-refractivity contribution in [3.63, 3.8) is 0 Å². The van der Waals surface area contributed by atoms with Crippen LogP contribution < -0.4 is 10.1 Å². The second kappa shape index (κ2) is 9.69. The van der Waals surface area contributed by atoms with Crippen LogP contribution in [0.25, 0.3) is 6.08 Å². The molecule has 0 atom stereocenters. The van der Waals surface area contributed by atoms with Gasteiger partial charge < -0.3 is 10.1 Å². The van der Waals surface area contributed by atoms with Gasteiger partial charge >= 0.3 is 6.03 Å². The van der Waals surface area contributed by atoms with Crippen LogP contribution in [0, 0.1) is 0 Å². The standard InChI is InChI=1S/C23H22N4O4S/c1-31-18-9-7-16(8-10-18)13-19-21(29)27(14-17-5-3-2-4-6-17)23(25-19)32-15-20(28)26-12-11-24-22(26)30/h2-10,13H,11-12,14-15H2,1H3,(H,24,30). The molecule has 1 saturated heterocycles. The van der Waals surface area contributed by atoms with E-state index in [1.54, 1.807) is 18.1 Å². The largest absolute Gasteiger partial charge is 0.497 e. The summed E-state index contributed by atoms with van der Waals surface area (Å²) >= 11 is 1.16. The van der Waals surface area contributed by atoms with Crippen molar-refractivity contribution in [2.24, 2.45) is 4.99 Å². The number of carbonyl (C=O) groups excluding carboxylic acids is 3. The second-order valence-corrected chi connectivity index (χ2v) is 8.08. The molecule has 2 aromatic rings. The summed E-state index contributed by atoms with van der Waals surface area (Å²) in [7, 11) is 1.59. The monoisotopic (exact) mass is 450 g/mol. The van der Waals surface area contributed by atoms with Crippen molar-refractivity contribution < 1.29 is 19.1 Å². The van der Waals surface area contributed by atoms with Crippen LogP contribution in [0.2, 0.25) is 0 Å². The van der Waals surface area contributed by atoms with Crippen LogP contribution in [-0.4, -0.2) is 58.8 Å². The van der Waals surface area contributed by atoms with E-state index in [9.17, 15) is 14.4 Å². The van der Waals surface area contributed by atoms with Crippen LogP contribution in [0.3, 0.4) is 0 Å². The Kier molecular flexibility index (Phi) is 6.55. The van der Waals surface area contributed by atoms with Crippen LogP contribution >= 0.6 is 11.8 Å². The van der Waals surface area contributed by atoms with Gasteiger partial charge in [0.2, 0.25) is 5.91 Å². The van der Waals surface area contributed by atoms with Gasteiger partial charge in [-0.1, -0.05) is 54.2 Å². The molecule has 32 heavy (non-hydrogen) atoms. The Labute approximate surface area is 189 Å². The lowest BCUT2D eigenvalue weighted by atomic mass is 10.1. The molecule has 0 saturated carbocycles. The SMILES string of the molecule is COc1ccc(C=C2N=C(SCC(=O)N3CCNC3=O)N(Cc3ccccc3)C2=O)cc1. The van der Waals surface area contributed by atoms with Crippen LogP contribution in [-0.2, 0) is 16.1 Å². The molecule has 9 heteroatoms. The van der Waals surface area contributed by atoms with Crippen LogP contribution in [0.15, 0.2) is 65.3 Å². The first-order valence-corrected chi connectivity index (χ1v) is 11.0. The Bertz CT molecular complexity index is 1080. The van der Waals surface area contributed by atoms with E-state index in [4.69, 9.17) is 4.74 Å². The molecule has 0 aliphatic carbocycles. The first kappa shape index (κ1) is 21.6. The van der Waals surface area contributed by atoms with Crippen molar-refractivity contribution in [2.45, 2.75) is 6.54 Å². The summed E-state index contributed by atoms with van der Waals surface area (Å²) in [5.41, 5.74) is 2.05. The molecular weight excluding hydrogens is 428 g/mol. The lowest BCUT2D eigenvalue weighted by Gasteiger charge is -2.18. The van der Waals surface area contributed by atoms with Gasteiger partial charge in [-0.25, -0.2) is 9.79 Å². The zero-order valence-corrected chi connectivity index (χ0v) is 18.3. The number of aliphatic imine (C=N–C) groups is 1. The Morgan fingerprint density at radius 3 is 2.56 bits per heavy atom. The molecule has 4 amide bonds. The number of rotatable bonds is 6. The minimum absolute atomic E-state index is 0.0145. The smallest absolute Gasteiger partial charge is 0.324 e. The molecule has 2 heterocycles. The fourth-order valence-electron chi connectivity index (χ4n) is 3.32. The fourth-order valence-corrected chi connectivity index (χ4v) is 4.19. The van der Waals surface area contributed by atoms with E-state index < -0.39 is 0 Å². The summed E-state index contributed by atoms with van der Waals surface area (Å²) in [6, 6.07) is 16.5. The molecular formula is C23H22N4O4S. The summed E-state index contributed by atoms with van der Waals surface area (Å²) < 4.78 is 5.17. The Hall–Kier alpha value is -3.59. The summed E-state index contributed by atoms with van der Waals surface area (Å²) in [4.78, 5) is 44.6. The minimum Gasteiger partial charge on any atom is -0.497 e. The highest BCUT2D eigenvalue weighted by molar-refractivity contribution is 8.14. The number of imide groups is 1. The van der Waals surface area contributed by atoms with Crippen molar-refractivity contribution in [3.8, 4) is 5.75 Å². The van der Waals surface area contributed by atoms with E-state index in [2.05, 4.69) is 10.3 Å². The molecule has 2 aliphatic rings. The minimum atomic E-state index is -0.388. The number of hydrogen-bond donors (Lipinski definition) is 1. The number of thioether (sulfide) groups is 1. The molecule has 0 bridgehead atoms. The highest BCUT2D eigenvalue weighted by atomic mass is 32.2. The second-order valence-electron chi connectivity index (χ2n) is 7.14. The number of carbonyl (C=O) groups is 3. The quantitative estimate of drug-likeness (QED) is 0.684. The average Bonchev–Trinajstić information content (AvgIpc) is 3.37.